The second kappa shape index (κ2) is 8.76. The number of rotatable bonds is 5. The van der Waals surface area contributed by atoms with Crippen molar-refractivity contribution in [1.29, 1.82) is 0 Å². The average Bonchev–Trinajstić information content (AvgIpc) is 3.39. The van der Waals surface area contributed by atoms with E-state index in [1.165, 1.54) is 4.31 Å². The SMILES string of the molecule is CNC(=O)C1CCN(S(=O)(=O)c2ccc3c(c2)nc(C(C)(C)C)n3CC2CCOCC2)C1. The van der Waals surface area contributed by atoms with Crippen LogP contribution in [0, 0.1) is 11.8 Å². The summed E-state index contributed by atoms with van der Waals surface area (Å²) >= 11 is 0. The fraction of sp³-hybridized carbons (Fsp3) is 0.652. The van der Waals surface area contributed by atoms with Gasteiger partial charge in [-0.15, -0.1) is 0 Å². The van der Waals surface area contributed by atoms with Crippen LogP contribution in [0.1, 0.15) is 45.9 Å². The van der Waals surface area contributed by atoms with E-state index in [2.05, 4.69) is 30.7 Å². The molecule has 1 aromatic carbocycles. The van der Waals surface area contributed by atoms with E-state index < -0.39 is 10.0 Å². The zero-order valence-electron chi connectivity index (χ0n) is 19.4. The third-order valence-electron chi connectivity index (χ3n) is 6.58. The zero-order valence-corrected chi connectivity index (χ0v) is 20.2. The summed E-state index contributed by atoms with van der Waals surface area (Å²) in [6.07, 6.45) is 2.59. The Kier molecular flexibility index (Phi) is 6.35. The van der Waals surface area contributed by atoms with Crippen LogP contribution in [0.4, 0.5) is 0 Å². The minimum Gasteiger partial charge on any atom is -0.381 e. The molecule has 0 spiro atoms. The monoisotopic (exact) mass is 462 g/mol. The van der Waals surface area contributed by atoms with Crippen LogP contribution in [-0.4, -0.2) is 61.5 Å². The average molecular weight is 463 g/mol. The molecule has 1 N–H and O–H groups in total. The topological polar surface area (TPSA) is 93.5 Å². The van der Waals surface area contributed by atoms with Crippen molar-refractivity contribution in [3.05, 3.63) is 24.0 Å². The van der Waals surface area contributed by atoms with Crippen molar-refractivity contribution in [1.82, 2.24) is 19.2 Å². The third kappa shape index (κ3) is 4.43. The molecule has 32 heavy (non-hydrogen) atoms. The van der Waals surface area contributed by atoms with Gasteiger partial charge in [-0.05, 0) is 43.4 Å². The molecule has 1 aromatic heterocycles. The second-order valence-electron chi connectivity index (χ2n) is 9.97. The number of nitrogens with zero attached hydrogens (tertiary/aromatic N) is 3. The van der Waals surface area contributed by atoms with Crippen LogP contribution in [0.3, 0.4) is 0 Å². The van der Waals surface area contributed by atoms with Crippen LogP contribution >= 0.6 is 0 Å². The Labute approximate surface area is 190 Å². The van der Waals surface area contributed by atoms with Gasteiger partial charge in [0.2, 0.25) is 15.9 Å². The van der Waals surface area contributed by atoms with E-state index in [0.717, 1.165) is 43.9 Å². The molecule has 2 fully saturated rings. The Morgan fingerprint density at radius 2 is 1.94 bits per heavy atom. The molecule has 2 aliphatic rings. The minimum absolute atomic E-state index is 0.111. The van der Waals surface area contributed by atoms with Crippen LogP contribution < -0.4 is 5.32 Å². The first-order valence-electron chi connectivity index (χ1n) is 11.4. The number of hydrogen-bond donors (Lipinski definition) is 1. The number of amides is 1. The van der Waals surface area contributed by atoms with Gasteiger partial charge >= 0.3 is 0 Å². The molecule has 1 unspecified atom stereocenters. The first kappa shape index (κ1) is 23.2. The van der Waals surface area contributed by atoms with Crippen molar-refractivity contribution in [2.75, 3.05) is 33.4 Å². The number of nitrogens with one attached hydrogen (secondary N) is 1. The van der Waals surface area contributed by atoms with Crippen molar-refractivity contribution >= 4 is 27.0 Å². The first-order chi connectivity index (χ1) is 15.1. The fourth-order valence-corrected chi connectivity index (χ4v) is 6.25. The molecule has 2 aromatic rings. The Hall–Kier alpha value is -1.97. The van der Waals surface area contributed by atoms with E-state index >= 15 is 0 Å². The molecule has 0 bridgehead atoms. The van der Waals surface area contributed by atoms with Crippen LogP contribution in [0.5, 0.6) is 0 Å². The lowest BCUT2D eigenvalue weighted by Crippen LogP contribution is -2.33. The Morgan fingerprint density at radius 3 is 2.59 bits per heavy atom. The number of fused-ring (bicyclic) bond motifs is 1. The summed E-state index contributed by atoms with van der Waals surface area (Å²) in [6.45, 7) is 9.41. The molecule has 3 heterocycles. The highest BCUT2D eigenvalue weighted by molar-refractivity contribution is 7.89. The van der Waals surface area contributed by atoms with E-state index in [-0.39, 0.29) is 28.7 Å². The van der Waals surface area contributed by atoms with Crippen LogP contribution in [-0.2, 0) is 31.5 Å². The molecule has 0 radical (unpaired) electrons. The highest BCUT2D eigenvalue weighted by atomic mass is 32.2. The summed E-state index contributed by atoms with van der Waals surface area (Å²) in [5.41, 5.74) is 1.49. The zero-order chi connectivity index (χ0) is 23.1. The maximum absolute atomic E-state index is 13.3. The molecule has 0 aliphatic carbocycles. The van der Waals surface area contributed by atoms with Crippen LogP contribution in [0.2, 0.25) is 0 Å². The number of benzene rings is 1. The summed E-state index contributed by atoms with van der Waals surface area (Å²) in [4.78, 5) is 17.1. The highest BCUT2D eigenvalue weighted by Gasteiger charge is 2.36. The number of carbonyl (C=O) groups excluding carboxylic acids is 1. The van der Waals surface area contributed by atoms with Gasteiger partial charge in [0.1, 0.15) is 5.82 Å². The number of aromatic nitrogens is 2. The molecule has 4 rings (SSSR count). The van der Waals surface area contributed by atoms with Crippen molar-refractivity contribution in [3.63, 3.8) is 0 Å². The van der Waals surface area contributed by atoms with Gasteiger partial charge in [-0.2, -0.15) is 4.31 Å². The number of sulfonamides is 1. The molecule has 1 amide bonds. The molecule has 9 heteroatoms. The molecule has 176 valence electrons. The summed E-state index contributed by atoms with van der Waals surface area (Å²) in [6, 6.07) is 5.25. The molecule has 0 saturated carbocycles. The number of hydrogen-bond acceptors (Lipinski definition) is 5. The number of carbonyl (C=O) groups is 1. The van der Waals surface area contributed by atoms with Crippen LogP contribution in [0.25, 0.3) is 11.0 Å². The van der Waals surface area contributed by atoms with E-state index in [9.17, 15) is 13.2 Å². The predicted octanol–water partition coefficient (Wildman–Crippen LogP) is 2.52. The standard InChI is InChI=1S/C23H34N4O4S/c1-23(2,3)22-25-19-13-18(32(29,30)26-10-7-17(15-26)21(28)24-4)5-6-20(19)27(22)14-16-8-11-31-12-9-16/h5-6,13,16-17H,7-12,14-15H2,1-4H3,(H,24,28). The maximum Gasteiger partial charge on any atom is 0.243 e. The summed E-state index contributed by atoms with van der Waals surface area (Å²) in [7, 11) is -2.10. The molecular weight excluding hydrogens is 428 g/mol. The van der Waals surface area contributed by atoms with E-state index in [1.807, 2.05) is 6.07 Å². The van der Waals surface area contributed by atoms with Crippen molar-refractivity contribution in [2.45, 2.75) is 56.9 Å². The summed E-state index contributed by atoms with van der Waals surface area (Å²) in [5, 5.41) is 2.62. The minimum atomic E-state index is -3.68. The van der Waals surface area contributed by atoms with E-state index in [1.54, 1.807) is 19.2 Å². The van der Waals surface area contributed by atoms with Crippen molar-refractivity contribution in [3.8, 4) is 0 Å². The highest BCUT2D eigenvalue weighted by Crippen LogP contribution is 2.32. The van der Waals surface area contributed by atoms with Crippen molar-refractivity contribution < 1.29 is 17.9 Å². The lowest BCUT2D eigenvalue weighted by molar-refractivity contribution is -0.123. The Balaban J connectivity index is 1.67. The predicted molar refractivity (Wildman–Crippen MR) is 123 cm³/mol. The number of imidazole rings is 1. The van der Waals surface area contributed by atoms with Gasteiger partial charge in [-0.3, -0.25) is 4.79 Å². The molecule has 2 saturated heterocycles. The lowest BCUT2D eigenvalue weighted by Gasteiger charge is -2.26. The Morgan fingerprint density at radius 1 is 1.22 bits per heavy atom. The maximum atomic E-state index is 13.3. The fourth-order valence-electron chi connectivity index (χ4n) is 4.73. The molecule has 1 atom stereocenters. The van der Waals surface area contributed by atoms with Gasteiger partial charge in [-0.25, -0.2) is 13.4 Å². The van der Waals surface area contributed by atoms with Gasteiger partial charge in [-0.1, -0.05) is 20.8 Å². The number of ether oxygens (including phenoxy) is 1. The summed E-state index contributed by atoms with van der Waals surface area (Å²) in [5.74, 6) is 1.08. The van der Waals surface area contributed by atoms with E-state index in [0.29, 0.717) is 24.4 Å². The second-order valence-corrected chi connectivity index (χ2v) is 11.9. The van der Waals surface area contributed by atoms with Crippen LogP contribution in [0.15, 0.2) is 23.1 Å². The van der Waals surface area contributed by atoms with Gasteiger partial charge in [0.15, 0.2) is 0 Å². The molecule has 8 nitrogen and oxygen atoms in total. The third-order valence-corrected chi connectivity index (χ3v) is 8.44. The van der Waals surface area contributed by atoms with Crippen molar-refractivity contribution in [2.24, 2.45) is 11.8 Å². The smallest absolute Gasteiger partial charge is 0.243 e. The lowest BCUT2D eigenvalue weighted by atomic mass is 9.94. The largest absolute Gasteiger partial charge is 0.381 e. The quantitative estimate of drug-likeness (QED) is 0.737. The summed E-state index contributed by atoms with van der Waals surface area (Å²) < 4.78 is 35.8. The van der Waals surface area contributed by atoms with Gasteiger partial charge in [0, 0.05) is 45.3 Å². The first-order valence-corrected chi connectivity index (χ1v) is 12.9. The van der Waals surface area contributed by atoms with Gasteiger partial charge in [0.25, 0.3) is 0 Å². The van der Waals surface area contributed by atoms with E-state index in [4.69, 9.17) is 9.72 Å². The molecule has 2 aliphatic heterocycles. The molecular formula is C23H34N4O4S. The van der Waals surface area contributed by atoms with Gasteiger partial charge < -0.3 is 14.6 Å². The van der Waals surface area contributed by atoms with Gasteiger partial charge in [0.05, 0.1) is 21.8 Å². The normalized spacial score (nSPS) is 21.3. The Bertz CT molecular complexity index is 1100.